The summed E-state index contributed by atoms with van der Waals surface area (Å²) in [5, 5.41) is 0. The van der Waals surface area contributed by atoms with Crippen molar-refractivity contribution in [2.75, 3.05) is 26.9 Å². The molecule has 4 heteroatoms. The minimum Gasteiger partial charge on any atom is -0.489 e. The first-order valence-corrected chi connectivity index (χ1v) is 11.8. The van der Waals surface area contributed by atoms with Gasteiger partial charge in [-0.25, -0.2) is 0 Å². The van der Waals surface area contributed by atoms with Crippen LogP contribution in [0, 0.1) is 17.3 Å². The molecule has 0 aliphatic heterocycles. The van der Waals surface area contributed by atoms with Crippen molar-refractivity contribution < 1.29 is 19.0 Å². The fraction of sp³-hybridized carbons (Fsp3) is 0.464. The Kier molecular flexibility index (Phi) is 6.16. The van der Waals surface area contributed by atoms with Gasteiger partial charge in [0, 0.05) is 7.11 Å². The number of carbonyl (C=O) groups is 1. The fourth-order valence-corrected chi connectivity index (χ4v) is 6.14. The zero-order valence-electron chi connectivity index (χ0n) is 18.8. The SMILES string of the molecule is COCCOC[C@]12CC[C@@H]3c4ccc(OCc5ccccc5)cc4CC[C@H]3[C@@H]1C=CC2=O. The third-order valence-electron chi connectivity index (χ3n) is 7.76. The molecule has 0 N–H and O–H groups in total. The van der Waals surface area contributed by atoms with Crippen LogP contribution in [-0.2, 0) is 27.3 Å². The van der Waals surface area contributed by atoms with Gasteiger partial charge in [0.25, 0.3) is 0 Å². The van der Waals surface area contributed by atoms with Gasteiger partial charge in [-0.2, -0.15) is 0 Å². The Labute approximate surface area is 190 Å². The van der Waals surface area contributed by atoms with E-state index in [9.17, 15) is 4.79 Å². The summed E-state index contributed by atoms with van der Waals surface area (Å²) in [4.78, 5) is 12.9. The molecular formula is C28H32O4. The van der Waals surface area contributed by atoms with Crippen LogP contribution < -0.4 is 4.74 Å². The van der Waals surface area contributed by atoms with Crippen LogP contribution in [0.2, 0.25) is 0 Å². The van der Waals surface area contributed by atoms with Crippen LogP contribution in [0.4, 0.5) is 0 Å². The number of hydrogen-bond acceptors (Lipinski definition) is 4. The molecular weight excluding hydrogens is 400 g/mol. The second kappa shape index (κ2) is 9.21. The molecule has 5 rings (SSSR count). The molecule has 3 aliphatic rings. The van der Waals surface area contributed by atoms with E-state index in [1.807, 2.05) is 24.3 Å². The van der Waals surface area contributed by atoms with E-state index in [-0.39, 0.29) is 17.1 Å². The van der Waals surface area contributed by atoms with Crippen molar-refractivity contribution in [3.8, 4) is 5.75 Å². The molecule has 0 saturated heterocycles. The normalized spacial score (nSPS) is 28.2. The average Bonchev–Trinajstić information content (AvgIpc) is 3.17. The highest BCUT2D eigenvalue weighted by atomic mass is 16.5. The minimum atomic E-state index is -0.370. The van der Waals surface area contributed by atoms with Gasteiger partial charge >= 0.3 is 0 Å². The molecule has 0 unspecified atom stereocenters. The lowest BCUT2D eigenvalue weighted by Crippen LogP contribution is -2.47. The Morgan fingerprint density at radius 2 is 1.94 bits per heavy atom. The first-order valence-electron chi connectivity index (χ1n) is 11.8. The van der Waals surface area contributed by atoms with Crippen molar-refractivity contribution in [3.63, 3.8) is 0 Å². The Balaban J connectivity index is 1.30. The average molecular weight is 433 g/mol. The molecule has 1 fully saturated rings. The molecule has 168 valence electrons. The number of carbonyl (C=O) groups excluding carboxylic acids is 1. The number of aryl methyl sites for hydroxylation is 1. The van der Waals surface area contributed by atoms with E-state index in [0.717, 1.165) is 31.4 Å². The molecule has 4 nitrogen and oxygen atoms in total. The third kappa shape index (κ3) is 3.91. The Hall–Kier alpha value is -2.43. The Bertz CT molecular complexity index is 982. The van der Waals surface area contributed by atoms with Crippen LogP contribution >= 0.6 is 0 Å². The number of rotatable bonds is 8. The lowest BCUT2D eigenvalue weighted by molar-refractivity contribution is -0.134. The number of fused-ring (bicyclic) bond motifs is 5. The molecule has 3 aliphatic carbocycles. The van der Waals surface area contributed by atoms with E-state index in [2.05, 4.69) is 36.4 Å². The van der Waals surface area contributed by atoms with E-state index in [1.165, 1.54) is 16.7 Å². The monoisotopic (exact) mass is 432 g/mol. The standard InChI is InChI=1S/C28H32O4/c1-30-15-16-31-19-28-14-13-24-23-10-8-22(32-18-20-5-3-2-4-6-20)17-21(23)7-9-25(24)26(28)11-12-27(28)29/h2-6,8,10-12,17,24-26H,7,9,13-16,18-19H2,1H3/t24-,25-,26+,28-/m1/s1. The second-order valence-electron chi connectivity index (χ2n) is 9.43. The zero-order chi connectivity index (χ0) is 22.0. The van der Waals surface area contributed by atoms with E-state index in [4.69, 9.17) is 14.2 Å². The van der Waals surface area contributed by atoms with Crippen molar-refractivity contribution in [1.29, 1.82) is 0 Å². The van der Waals surface area contributed by atoms with Crippen molar-refractivity contribution in [1.82, 2.24) is 0 Å². The van der Waals surface area contributed by atoms with Crippen LogP contribution in [-0.4, -0.2) is 32.7 Å². The summed E-state index contributed by atoms with van der Waals surface area (Å²) in [5.41, 5.74) is 3.67. The van der Waals surface area contributed by atoms with E-state index in [0.29, 0.717) is 38.3 Å². The van der Waals surface area contributed by atoms with Gasteiger partial charge in [0.2, 0.25) is 0 Å². The summed E-state index contributed by atoms with van der Waals surface area (Å²) < 4.78 is 17.1. The van der Waals surface area contributed by atoms with E-state index in [1.54, 1.807) is 7.11 Å². The summed E-state index contributed by atoms with van der Waals surface area (Å²) in [6.45, 7) is 2.21. The van der Waals surface area contributed by atoms with Gasteiger partial charge in [0.15, 0.2) is 5.78 Å². The van der Waals surface area contributed by atoms with Gasteiger partial charge in [-0.15, -0.1) is 0 Å². The first-order chi connectivity index (χ1) is 15.7. The highest BCUT2D eigenvalue weighted by Crippen LogP contribution is 2.58. The summed E-state index contributed by atoms with van der Waals surface area (Å²) >= 11 is 0. The Morgan fingerprint density at radius 3 is 2.78 bits per heavy atom. The van der Waals surface area contributed by atoms with Gasteiger partial charge in [0.05, 0.1) is 25.2 Å². The van der Waals surface area contributed by atoms with Gasteiger partial charge < -0.3 is 14.2 Å². The van der Waals surface area contributed by atoms with Crippen molar-refractivity contribution in [3.05, 3.63) is 77.4 Å². The fourth-order valence-electron chi connectivity index (χ4n) is 6.14. The second-order valence-corrected chi connectivity index (χ2v) is 9.43. The number of ketones is 1. The molecule has 0 aromatic heterocycles. The summed E-state index contributed by atoms with van der Waals surface area (Å²) in [5.74, 6) is 2.49. The smallest absolute Gasteiger partial charge is 0.164 e. The predicted octanol–water partition coefficient (Wildman–Crippen LogP) is 5.11. The number of hydrogen-bond donors (Lipinski definition) is 0. The first kappa shape index (κ1) is 21.4. The molecule has 4 atom stereocenters. The topological polar surface area (TPSA) is 44.8 Å². The third-order valence-corrected chi connectivity index (χ3v) is 7.76. The van der Waals surface area contributed by atoms with Gasteiger partial charge in [-0.3, -0.25) is 4.79 Å². The molecule has 0 spiro atoms. The number of benzene rings is 2. The molecule has 0 bridgehead atoms. The maximum atomic E-state index is 12.9. The molecule has 2 aromatic carbocycles. The van der Waals surface area contributed by atoms with Crippen LogP contribution in [0.3, 0.4) is 0 Å². The quantitative estimate of drug-likeness (QED) is 0.544. The highest BCUT2D eigenvalue weighted by Gasteiger charge is 2.55. The summed E-state index contributed by atoms with van der Waals surface area (Å²) in [6, 6.07) is 16.9. The maximum absolute atomic E-state index is 12.9. The van der Waals surface area contributed by atoms with Crippen LogP contribution in [0.15, 0.2) is 60.7 Å². The van der Waals surface area contributed by atoms with Crippen LogP contribution in [0.5, 0.6) is 5.75 Å². The maximum Gasteiger partial charge on any atom is 0.164 e. The number of methoxy groups -OCH3 is 1. The van der Waals surface area contributed by atoms with Gasteiger partial charge in [-0.1, -0.05) is 42.5 Å². The van der Waals surface area contributed by atoms with E-state index >= 15 is 0 Å². The number of allylic oxidation sites excluding steroid dienone is 2. The zero-order valence-corrected chi connectivity index (χ0v) is 18.8. The highest BCUT2D eigenvalue weighted by molar-refractivity contribution is 5.98. The molecule has 0 heterocycles. The molecule has 32 heavy (non-hydrogen) atoms. The van der Waals surface area contributed by atoms with Crippen LogP contribution in [0.25, 0.3) is 0 Å². The van der Waals surface area contributed by atoms with Gasteiger partial charge in [-0.05, 0) is 78.3 Å². The van der Waals surface area contributed by atoms with Crippen molar-refractivity contribution in [2.24, 2.45) is 17.3 Å². The van der Waals surface area contributed by atoms with Crippen molar-refractivity contribution in [2.45, 2.75) is 38.2 Å². The molecule has 0 amide bonds. The van der Waals surface area contributed by atoms with Gasteiger partial charge in [0.1, 0.15) is 12.4 Å². The molecule has 0 radical (unpaired) electrons. The largest absolute Gasteiger partial charge is 0.489 e. The predicted molar refractivity (Wildman–Crippen MR) is 124 cm³/mol. The lowest BCUT2D eigenvalue weighted by Gasteiger charge is -2.49. The van der Waals surface area contributed by atoms with Crippen LogP contribution in [0.1, 0.15) is 41.9 Å². The number of ether oxygens (including phenoxy) is 3. The minimum absolute atomic E-state index is 0.258. The summed E-state index contributed by atoms with van der Waals surface area (Å²) in [6.07, 6.45) is 8.09. The Morgan fingerprint density at radius 1 is 1.06 bits per heavy atom. The van der Waals surface area contributed by atoms with E-state index < -0.39 is 0 Å². The lowest BCUT2D eigenvalue weighted by atomic mass is 9.55. The summed E-state index contributed by atoms with van der Waals surface area (Å²) in [7, 11) is 1.68. The molecule has 1 saturated carbocycles. The van der Waals surface area contributed by atoms with Crippen molar-refractivity contribution >= 4 is 5.78 Å². The molecule has 2 aromatic rings.